The van der Waals surface area contributed by atoms with E-state index in [2.05, 4.69) is 11.9 Å². The number of nitrogens with zero attached hydrogens (tertiary/aromatic N) is 3. The number of rotatable bonds is 17. The van der Waals surface area contributed by atoms with Gasteiger partial charge in [-0.25, -0.2) is 9.97 Å². The molecule has 1 unspecified atom stereocenters. The number of likely N-dealkylation sites (tertiary alicyclic amines) is 1. The first-order chi connectivity index (χ1) is 27.8. The maximum Gasteiger partial charge on any atom is 0.306 e. The standard InChI is InChI=1S/C45H61N4O8PS/c1-10-29-23-45(29,58(53,54)18-17-27(2)3)24-39(50)38-20-32(25-49(38)42(52)34(44(6,7)8)21-41(51)57-30-13-11-12-14-30)56-40-22-36(37-26-59-43(48-37)46-28(4)5)47-35-19-31(55-9)15-16-33(35)40/h10,15-17,19,22,26,28-30,32,34,38H,1,11-14,18,20-21,23-25H2,2-9H3,(H,46,48)(H,53,54)/t29-,32-,34-,38+,45-/m1/s1. The van der Waals surface area contributed by atoms with Crippen LogP contribution in [0, 0.1) is 17.3 Å². The van der Waals surface area contributed by atoms with Crippen LogP contribution in [0.1, 0.15) is 99.8 Å². The van der Waals surface area contributed by atoms with Gasteiger partial charge in [-0.2, -0.15) is 0 Å². The third kappa shape index (κ3) is 10.1. The molecule has 1 aromatic carbocycles. The van der Waals surface area contributed by atoms with Crippen LogP contribution in [-0.2, 0) is 23.7 Å². The molecule has 3 aliphatic rings. The van der Waals surface area contributed by atoms with E-state index in [9.17, 15) is 23.8 Å². The van der Waals surface area contributed by atoms with Crippen LogP contribution in [0.5, 0.6) is 11.5 Å². The lowest BCUT2D eigenvalue weighted by atomic mass is 9.77. The van der Waals surface area contributed by atoms with Gasteiger partial charge >= 0.3 is 5.97 Å². The van der Waals surface area contributed by atoms with E-state index in [1.165, 1.54) is 11.3 Å². The van der Waals surface area contributed by atoms with Crippen LogP contribution in [-0.4, -0.2) is 86.7 Å². The van der Waals surface area contributed by atoms with Crippen LogP contribution >= 0.6 is 18.7 Å². The van der Waals surface area contributed by atoms with Gasteiger partial charge < -0.3 is 29.3 Å². The van der Waals surface area contributed by atoms with Crippen molar-refractivity contribution in [3.05, 3.63) is 53.9 Å². The molecular formula is C45H61N4O8PS. The van der Waals surface area contributed by atoms with Gasteiger partial charge in [-0.05, 0) is 83.3 Å². The van der Waals surface area contributed by atoms with Crippen molar-refractivity contribution in [2.45, 2.75) is 129 Å². The van der Waals surface area contributed by atoms with Crippen LogP contribution in [0.3, 0.4) is 0 Å². The van der Waals surface area contributed by atoms with Gasteiger partial charge in [0.2, 0.25) is 13.3 Å². The summed E-state index contributed by atoms with van der Waals surface area (Å²) < 4.78 is 32.2. The molecule has 320 valence electrons. The second-order valence-electron chi connectivity index (χ2n) is 18.2. The fourth-order valence-electron chi connectivity index (χ4n) is 8.48. The molecule has 3 aromatic rings. The molecule has 0 spiro atoms. The van der Waals surface area contributed by atoms with Crippen molar-refractivity contribution < 1.29 is 38.1 Å². The average molecular weight is 849 g/mol. The average Bonchev–Trinajstić information content (AvgIpc) is 3.57. The SMILES string of the molecule is C=C[C@@H]1C[C@]1(CC(=O)[C@@H]1C[C@@H](Oc2cc(-c3csc(NC(C)C)n3)nc3cc(OC)ccc23)CN1C(=O)[C@@H](CC(=O)OC1CCCC1)C(C)(C)C)P(=O)(O)CC=C(C)C. The first-order valence-electron chi connectivity index (χ1n) is 20.8. The predicted molar refractivity (Wildman–Crippen MR) is 233 cm³/mol. The molecule has 59 heavy (non-hydrogen) atoms. The number of aromatic nitrogens is 2. The molecule has 3 heterocycles. The Morgan fingerprint density at radius 1 is 1.12 bits per heavy atom. The molecule has 1 aliphatic heterocycles. The minimum Gasteiger partial charge on any atom is -0.497 e. The highest BCUT2D eigenvalue weighted by Gasteiger charge is 2.65. The molecule has 2 aromatic heterocycles. The lowest BCUT2D eigenvalue weighted by Gasteiger charge is -2.35. The molecule has 1 saturated heterocycles. The van der Waals surface area contributed by atoms with Gasteiger partial charge in [0.1, 0.15) is 29.4 Å². The van der Waals surface area contributed by atoms with Crippen LogP contribution in [0.25, 0.3) is 22.3 Å². The van der Waals surface area contributed by atoms with Crippen LogP contribution in [0.15, 0.2) is 53.9 Å². The number of carbonyl (C=O) groups excluding carboxylic acids is 3. The van der Waals surface area contributed by atoms with E-state index >= 15 is 0 Å². The Morgan fingerprint density at radius 3 is 2.47 bits per heavy atom. The summed E-state index contributed by atoms with van der Waals surface area (Å²) in [7, 11) is -2.27. The Morgan fingerprint density at radius 2 is 1.85 bits per heavy atom. The topological polar surface area (TPSA) is 157 Å². The molecule has 6 atom stereocenters. The molecular weight excluding hydrogens is 788 g/mol. The summed E-state index contributed by atoms with van der Waals surface area (Å²) >= 11 is 1.48. The van der Waals surface area contributed by atoms with Crippen LogP contribution < -0.4 is 14.8 Å². The highest BCUT2D eigenvalue weighted by atomic mass is 32.1. The minimum atomic E-state index is -3.86. The van der Waals surface area contributed by atoms with Crippen molar-refractivity contribution in [1.82, 2.24) is 14.9 Å². The number of methoxy groups -OCH3 is 1. The second-order valence-corrected chi connectivity index (χ2v) is 21.7. The number of fused-ring (bicyclic) bond motifs is 1. The highest BCUT2D eigenvalue weighted by molar-refractivity contribution is 7.60. The van der Waals surface area contributed by atoms with E-state index in [0.717, 1.165) is 36.4 Å². The zero-order valence-corrected chi connectivity index (χ0v) is 37.5. The summed E-state index contributed by atoms with van der Waals surface area (Å²) in [6.07, 6.45) is 6.43. The maximum absolute atomic E-state index is 14.9. The molecule has 0 radical (unpaired) electrons. The van der Waals surface area contributed by atoms with Gasteiger partial charge in [0, 0.05) is 47.9 Å². The maximum atomic E-state index is 14.9. The molecule has 1 amide bonds. The number of thiazole rings is 1. The highest BCUT2D eigenvalue weighted by Crippen LogP contribution is 2.73. The number of nitrogens with one attached hydrogen (secondary N) is 1. The number of amides is 1. The Balaban J connectivity index is 1.35. The lowest BCUT2D eigenvalue weighted by molar-refractivity contribution is -0.156. The fraction of sp³-hybridized carbons (Fsp3) is 0.578. The number of ketones is 1. The third-order valence-corrected chi connectivity index (χ3v) is 15.5. The first kappa shape index (κ1) is 44.5. The Kier molecular flexibility index (Phi) is 13.5. The lowest BCUT2D eigenvalue weighted by Crippen LogP contribution is -2.48. The van der Waals surface area contributed by atoms with E-state index in [4.69, 9.17) is 24.2 Å². The van der Waals surface area contributed by atoms with Crippen molar-refractivity contribution in [2.75, 3.05) is 25.1 Å². The number of pyridine rings is 1. The summed E-state index contributed by atoms with van der Waals surface area (Å²) in [5, 5.41) is 5.59. The molecule has 0 bridgehead atoms. The number of carbonyl (C=O) groups is 3. The van der Waals surface area contributed by atoms with E-state index in [0.29, 0.717) is 40.2 Å². The quantitative estimate of drug-likeness (QED) is 0.0758. The third-order valence-electron chi connectivity index (χ3n) is 12.0. The molecule has 2 aliphatic carbocycles. The van der Waals surface area contributed by atoms with Gasteiger partial charge in [0.25, 0.3) is 0 Å². The molecule has 12 nitrogen and oxygen atoms in total. The number of anilines is 1. The molecule has 14 heteroatoms. The van der Waals surface area contributed by atoms with Crippen molar-refractivity contribution in [1.29, 1.82) is 0 Å². The monoisotopic (exact) mass is 848 g/mol. The number of ether oxygens (including phenoxy) is 3. The van der Waals surface area contributed by atoms with E-state index in [1.54, 1.807) is 24.2 Å². The van der Waals surface area contributed by atoms with E-state index in [-0.39, 0.29) is 61.7 Å². The van der Waals surface area contributed by atoms with Gasteiger partial charge in [-0.3, -0.25) is 18.9 Å². The largest absolute Gasteiger partial charge is 0.497 e. The first-order valence-corrected chi connectivity index (χ1v) is 23.5. The minimum absolute atomic E-state index is 0.0442. The summed E-state index contributed by atoms with van der Waals surface area (Å²) in [6.45, 7) is 17.6. The Labute approximate surface area is 352 Å². The summed E-state index contributed by atoms with van der Waals surface area (Å²) in [5.41, 5.74) is 2.13. The summed E-state index contributed by atoms with van der Waals surface area (Å²) in [5.74, 6) is -1.05. The molecule has 2 saturated carbocycles. The van der Waals surface area contributed by atoms with Crippen molar-refractivity contribution >= 4 is 52.4 Å². The smallest absolute Gasteiger partial charge is 0.306 e. The number of hydrogen-bond acceptors (Lipinski definition) is 11. The zero-order chi connectivity index (χ0) is 42.9. The van der Waals surface area contributed by atoms with Gasteiger partial charge in [0.15, 0.2) is 10.9 Å². The Hall–Kier alpha value is -4.06. The number of hydrogen-bond donors (Lipinski definition) is 2. The van der Waals surface area contributed by atoms with Gasteiger partial charge in [-0.15, -0.1) is 17.9 Å². The number of Topliss-reactive ketones (excluding diaryl/α,β-unsaturated/α-hetero) is 1. The Bertz CT molecular complexity index is 2130. The molecule has 3 fully saturated rings. The van der Waals surface area contributed by atoms with Crippen molar-refractivity contribution in [3.8, 4) is 22.9 Å². The normalized spacial score (nSPS) is 23.4. The zero-order valence-electron chi connectivity index (χ0n) is 35.8. The van der Waals surface area contributed by atoms with Crippen molar-refractivity contribution in [2.24, 2.45) is 17.3 Å². The fourth-order valence-corrected chi connectivity index (χ4v) is 11.8. The van der Waals surface area contributed by atoms with Crippen LogP contribution in [0.4, 0.5) is 5.13 Å². The van der Waals surface area contributed by atoms with Crippen molar-refractivity contribution in [3.63, 3.8) is 0 Å². The summed E-state index contributed by atoms with van der Waals surface area (Å²) in [6, 6.07) is 6.60. The van der Waals surface area contributed by atoms with Gasteiger partial charge in [0.05, 0.1) is 48.4 Å². The van der Waals surface area contributed by atoms with Gasteiger partial charge in [-0.1, -0.05) is 38.5 Å². The summed E-state index contributed by atoms with van der Waals surface area (Å²) in [4.78, 5) is 65.8. The van der Waals surface area contributed by atoms with E-state index in [1.807, 2.05) is 78.1 Å². The number of esters is 1. The number of allylic oxidation sites excluding steroid dienone is 3. The van der Waals surface area contributed by atoms with Crippen LogP contribution in [0.2, 0.25) is 0 Å². The number of benzene rings is 1. The van der Waals surface area contributed by atoms with E-state index < -0.39 is 42.0 Å². The second kappa shape index (κ2) is 17.9. The molecule has 2 N–H and O–H groups in total. The molecule has 6 rings (SSSR count). The predicted octanol–water partition coefficient (Wildman–Crippen LogP) is 9.21.